The van der Waals surface area contributed by atoms with Crippen LogP contribution in [0.15, 0.2) is 30.3 Å². The maximum absolute atomic E-state index is 10.8. The van der Waals surface area contributed by atoms with Crippen LogP contribution in [0, 0.1) is 5.41 Å². The second-order valence-electron chi connectivity index (χ2n) is 7.32. The molecule has 2 N–H and O–H groups in total. The van der Waals surface area contributed by atoms with Gasteiger partial charge in [0.15, 0.2) is 0 Å². The van der Waals surface area contributed by atoms with Crippen molar-refractivity contribution in [3.05, 3.63) is 41.5 Å². The third kappa shape index (κ3) is 1.63. The minimum absolute atomic E-state index is 0.00933. The van der Waals surface area contributed by atoms with Gasteiger partial charge in [0.2, 0.25) is 0 Å². The van der Waals surface area contributed by atoms with Crippen LogP contribution < -0.4 is 0 Å². The maximum atomic E-state index is 10.8. The number of hydrogen-bond donors (Lipinski definition) is 2. The first-order valence-electron chi connectivity index (χ1n) is 7.89. The Balaban J connectivity index is 1.92. The number of phenols is 1. The van der Waals surface area contributed by atoms with Gasteiger partial charge in [-0.2, -0.15) is 0 Å². The van der Waals surface area contributed by atoms with Gasteiger partial charge in [0.25, 0.3) is 0 Å². The number of fused-ring (bicyclic) bond motifs is 5. The number of benzene rings is 2. The van der Waals surface area contributed by atoms with E-state index in [0.717, 1.165) is 31.1 Å². The Bertz CT molecular complexity index is 732. The van der Waals surface area contributed by atoms with E-state index in [9.17, 15) is 10.2 Å². The van der Waals surface area contributed by atoms with Gasteiger partial charge in [-0.15, -0.1) is 0 Å². The Kier molecular flexibility index (Phi) is 2.51. The SMILES string of the molecule is C[C@@]1(O)CC[C@H]2c3ccc4cc(O)ccc4c3CC[C@]21C. The highest BCUT2D eigenvalue weighted by Gasteiger charge is 2.55. The summed E-state index contributed by atoms with van der Waals surface area (Å²) in [4.78, 5) is 0. The Morgan fingerprint density at radius 2 is 1.90 bits per heavy atom. The van der Waals surface area contributed by atoms with Crippen LogP contribution in [-0.4, -0.2) is 15.8 Å². The van der Waals surface area contributed by atoms with E-state index in [1.54, 1.807) is 6.07 Å². The normalized spacial score (nSPS) is 34.7. The molecule has 2 aromatic carbocycles. The van der Waals surface area contributed by atoms with E-state index in [4.69, 9.17) is 0 Å². The van der Waals surface area contributed by atoms with E-state index in [-0.39, 0.29) is 5.41 Å². The molecule has 2 aliphatic carbocycles. The second-order valence-corrected chi connectivity index (χ2v) is 7.32. The summed E-state index contributed by atoms with van der Waals surface area (Å²) in [6, 6.07) is 10.0. The topological polar surface area (TPSA) is 40.5 Å². The summed E-state index contributed by atoms with van der Waals surface area (Å²) in [7, 11) is 0. The Morgan fingerprint density at radius 3 is 2.71 bits per heavy atom. The van der Waals surface area contributed by atoms with Gasteiger partial charge in [0.1, 0.15) is 5.75 Å². The van der Waals surface area contributed by atoms with Crippen LogP contribution in [0.4, 0.5) is 0 Å². The molecule has 2 nitrogen and oxygen atoms in total. The lowest BCUT2D eigenvalue weighted by atomic mass is 9.62. The smallest absolute Gasteiger partial charge is 0.116 e. The van der Waals surface area contributed by atoms with Gasteiger partial charge in [-0.1, -0.05) is 25.1 Å². The molecule has 2 aromatic rings. The van der Waals surface area contributed by atoms with Gasteiger partial charge in [-0.25, -0.2) is 0 Å². The fraction of sp³-hybridized carbons (Fsp3) is 0.474. The van der Waals surface area contributed by atoms with Crippen LogP contribution in [-0.2, 0) is 6.42 Å². The first-order valence-corrected chi connectivity index (χ1v) is 7.89. The van der Waals surface area contributed by atoms with E-state index in [1.807, 2.05) is 19.1 Å². The van der Waals surface area contributed by atoms with Crippen molar-refractivity contribution >= 4 is 10.8 Å². The van der Waals surface area contributed by atoms with Crippen LogP contribution >= 0.6 is 0 Å². The van der Waals surface area contributed by atoms with Crippen LogP contribution in [0.1, 0.15) is 50.2 Å². The highest BCUT2D eigenvalue weighted by atomic mass is 16.3. The average Bonchev–Trinajstić information content (AvgIpc) is 2.69. The molecular formula is C19H22O2. The fourth-order valence-corrected chi connectivity index (χ4v) is 4.74. The Morgan fingerprint density at radius 1 is 1.10 bits per heavy atom. The molecule has 21 heavy (non-hydrogen) atoms. The summed E-state index contributed by atoms with van der Waals surface area (Å²) >= 11 is 0. The molecule has 0 radical (unpaired) electrons. The standard InChI is InChI=1S/C19H22O2/c1-18-9-7-15-14-6-4-13(20)11-12(14)3-5-16(15)17(18)8-10-19(18,2)21/h3-6,11,17,20-21H,7-10H2,1-2H3/t17-,18+,19+/m0/s1. The number of rotatable bonds is 0. The third-order valence-corrected chi connectivity index (χ3v) is 6.34. The van der Waals surface area contributed by atoms with Crippen molar-refractivity contribution in [3.8, 4) is 5.75 Å². The van der Waals surface area contributed by atoms with E-state index >= 15 is 0 Å². The molecule has 0 amide bonds. The summed E-state index contributed by atoms with van der Waals surface area (Å²) in [5.74, 6) is 0.779. The fourth-order valence-electron chi connectivity index (χ4n) is 4.74. The van der Waals surface area contributed by atoms with Crippen molar-refractivity contribution in [1.82, 2.24) is 0 Å². The molecule has 3 atom stereocenters. The molecule has 2 aliphatic rings. The van der Waals surface area contributed by atoms with Gasteiger partial charge in [-0.05, 0) is 72.6 Å². The molecule has 110 valence electrons. The number of aliphatic hydroxyl groups is 1. The van der Waals surface area contributed by atoms with Crippen molar-refractivity contribution in [2.75, 3.05) is 0 Å². The van der Waals surface area contributed by atoms with Gasteiger partial charge < -0.3 is 10.2 Å². The highest BCUT2D eigenvalue weighted by molar-refractivity contribution is 5.88. The summed E-state index contributed by atoms with van der Waals surface area (Å²) in [6.45, 7) is 4.27. The molecule has 0 saturated heterocycles. The molecule has 0 aliphatic heterocycles. The molecule has 1 fully saturated rings. The van der Waals surface area contributed by atoms with Crippen LogP contribution in [0.5, 0.6) is 5.75 Å². The lowest BCUT2D eigenvalue weighted by molar-refractivity contribution is -0.0494. The molecule has 1 saturated carbocycles. The predicted molar refractivity (Wildman–Crippen MR) is 84.6 cm³/mol. The average molecular weight is 282 g/mol. The summed E-state index contributed by atoms with van der Waals surface area (Å²) < 4.78 is 0. The van der Waals surface area contributed by atoms with Gasteiger partial charge in [0.05, 0.1) is 5.60 Å². The first-order chi connectivity index (χ1) is 9.92. The largest absolute Gasteiger partial charge is 0.508 e. The quantitative estimate of drug-likeness (QED) is 0.763. The van der Waals surface area contributed by atoms with Crippen molar-refractivity contribution < 1.29 is 10.2 Å². The monoisotopic (exact) mass is 282 g/mol. The minimum Gasteiger partial charge on any atom is -0.508 e. The summed E-state index contributed by atoms with van der Waals surface area (Å²) in [5, 5.41) is 22.8. The van der Waals surface area contributed by atoms with E-state index in [0.29, 0.717) is 11.7 Å². The number of aromatic hydroxyl groups is 1. The minimum atomic E-state index is -0.556. The highest BCUT2D eigenvalue weighted by Crippen LogP contribution is 2.60. The van der Waals surface area contributed by atoms with Crippen LogP contribution in [0.25, 0.3) is 10.8 Å². The predicted octanol–water partition coefficient (Wildman–Crippen LogP) is 4.13. The van der Waals surface area contributed by atoms with Gasteiger partial charge in [-0.3, -0.25) is 0 Å². The lowest BCUT2D eigenvalue weighted by Gasteiger charge is -2.45. The van der Waals surface area contributed by atoms with Crippen molar-refractivity contribution in [2.24, 2.45) is 5.41 Å². The molecular weight excluding hydrogens is 260 g/mol. The molecule has 0 heterocycles. The molecule has 0 bridgehead atoms. The Hall–Kier alpha value is -1.54. The number of hydrogen-bond acceptors (Lipinski definition) is 2. The molecule has 2 heteroatoms. The first kappa shape index (κ1) is 13.1. The van der Waals surface area contributed by atoms with E-state index < -0.39 is 5.60 Å². The summed E-state index contributed by atoms with van der Waals surface area (Å²) in [5.41, 5.74) is 2.27. The van der Waals surface area contributed by atoms with Crippen molar-refractivity contribution in [1.29, 1.82) is 0 Å². The maximum Gasteiger partial charge on any atom is 0.116 e. The van der Waals surface area contributed by atoms with Crippen LogP contribution in [0.3, 0.4) is 0 Å². The zero-order valence-corrected chi connectivity index (χ0v) is 12.7. The lowest BCUT2D eigenvalue weighted by Crippen LogP contribution is -2.44. The second kappa shape index (κ2) is 4.01. The Labute approximate surface area is 125 Å². The zero-order chi connectivity index (χ0) is 14.8. The third-order valence-electron chi connectivity index (χ3n) is 6.34. The van der Waals surface area contributed by atoms with E-state index in [1.165, 1.54) is 16.5 Å². The molecule has 0 spiro atoms. The number of phenolic OH excluding ortho intramolecular Hbond substituents is 1. The molecule has 0 unspecified atom stereocenters. The van der Waals surface area contributed by atoms with Gasteiger partial charge >= 0.3 is 0 Å². The molecule has 0 aromatic heterocycles. The van der Waals surface area contributed by atoms with Crippen LogP contribution in [0.2, 0.25) is 0 Å². The zero-order valence-electron chi connectivity index (χ0n) is 12.7. The van der Waals surface area contributed by atoms with Crippen molar-refractivity contribution in [2.45, 2.75) is 51.0 Å². The molecule has 4 rings (SSSR count). The van der Waals surface area contributed by atoms with Gasteiger partial charge in [0, 0.05) is 5.41 Å². The number of aryl methyl sites for hydroxylation is 1. The van der Waals surface area contributed by atoms with Crippen molar-refractivity contribution in [3.63, 3.8) is 0 Å². The summed E-state index contributed by atoms with van der Waals surface area (Å²) in [6.07, 6.45) is 4.01. The van der Waals surface area contributed by atoms with E-state index in [2.05, 4.69) is 19.1 Å².